The molecule has 0 saturated heterocycles. The molecule has 4 nitrogen and oxygen atoms in total. The van der Waals surface area contributed by atoms with E-state index in [1.54, 1.807) is 0 Å². The first kappa shape index (κ1) is 18.7. The summed E-state index contributed by atoms with van der Waals surface area (Å²) in [5, 5.41) is 0.702. The van der Waals surface area contributed by atoms with E-state index in [1.807, 2.05) is 54.8 Å². The minimum absolute atomic E-state index is 0.0499. The van der Waals surface area contributed by atoms with Crippen LogP contribution in [0.4, 0.5) is 5.69 Å². The van der Waals surface area contributed by atoms with E-state index in [0.717, 1.165) is 17.0 Å². The summed E-state index contributed by atoms with van der Waals surface area (Å²) in [5.74, 6) is 1.28. The number of hydrogen-bond donors (Lipinski definition) is 0. The Morgan fingerprint density at radius 1 is 1.04 bits per heavy atom. The zero-order chi connectivity index (χ0) is 19.7. The van der Waals surface area contributed by atoms with Crippen LogP contribution >= 0.6 is 0 Å². The lowest BCUT2D eigenvalue weighted by Gasteiger charge is -2.33. The van der Waals surface area contributed by atoms with Crippen LogP contribution in [-0.4, -0.2) is 23.6 Å². The Hall–Kier alpha value is -2.62. The Morgan fingerprint density at radius 3 is 2.43 bits per heavy atom. The van der Waals surface area contributed by atoms with E-state index in [2.05, 4.69) is 24.3 Å². The lowest BCUT2D eigenvalue weighted by molar-refractivity contribution is 0.272. The van der Waals surface area contributed by atoms with E-state index in [0.29, 0.717) is 11.3 Å². The second kappa shape index (κ2) is 7.78. The summed E-state index contributed by atoms with van der Waals surface area (Å²) >= 11 is 0. The number of fused-ring (bicyclic) bond motifs is 1. The molecule has 0 spiro atoms. The summed E-state index contributed by atoms with van der Waals surface area (Å²) in [7, 11) is 3.99. The van der Waals surface area contributed by atoms with Crippen molar-refractivity contribution in [1.29, 1.82) is 0 Å². The highest BCUT2D eigenvalue weighted by molar-refractivity contribution is 5.81. The van der Waals surface area contributed by atoms with Crippen LogP contribution < -0.4 is 10.5 Å². The molecule has 1 saturated carbocycles. The molecule has 0 N–H and O–H groups in total. The molecule has 28 heavy (non-hydrogen) atoms. The molecule has 0 radical (unpaired) electrons. The molecule has 1 fully saturated rings. The fourth-order valence-corrected chi connectivity index (χ4v) is 4.64. The Kier molecular flexibility index (Phi) is 5.21. The van der Waals surface area contributed by atoms with Gasteiger partial charge in [0, 0.05) is 19.8 Å². The highest BCUT2D eigenvalue weighted by Gasteiger charge is 2.29. The predicted octanol–water partition coefficient (Wildman–Crippen LogP) is 4.94. The number of aryl methyl sites for hydroxylation is 1. The molecular formula is C24H29N3O. The summed E-state index contributed by atoms with van der Waals surface area (Å²) in [4.78, 5) is 20.5. The molecule has 2 aromatic carbocycles. The summed E-state index contributed by atoms with van der Waals surface area (Å²) in [6.07, 6.45) is 6.12. The molecular weight excluding hydrogens is 346 g/mol. The summed E-state index contributed by atoms with van der Waals surface area (Å²) in [6.45, 7) is 1.97. The minimum Gasteiger partial charge on any atom is -0.378 e. The van der Waals surface area contributed by atoms with Gasteiger partial charge in [0.25, 0.3) is 5.56 Å². The van der Waals surface area contributed by atoms with E-state index in [1.165, 1.54) is 37.7 Å². The molecule has 0 bridgehead atoms. The van der Waals surface area contributed by atoms with Crippen molar-refractivity contribution in [3.05, 3.63) is 70.3 Å². The Balaban J connectivity index is 1.93. The second-order valence-corrected chi connectivity index (χ2v) is 8.18. The molecule has 0 amide bonds. The molecule has 4 heteroatoms. The molecule has 1 aliphatic rings. The first-order valence-corrected chi connectivity index (χ1v) is 10.3. The smallest absolute Gasteiger partial charge is 0.262 e. The number of benzene rings is 2. The molecule has 1 heterocycles. The first-order chi connectivity index (χ1) is 13.6. The van der Waals surface area contributed by atoms with Gasteiger partial charge in [-0.25, -0.2) is 4.98 Å². The second-order valence-electron chi connectivity index (χ2n) is 8.18. The van der Waals surface area contributed by atoms with E-state index in [4.69, 9.17) is 4.98 Å². The lowest BCUT2D eigenvalue weighted by Crippen LogP contribution is -2.34. The van der Waals surface area contributed by atoms with Gasteiger partial charge in [0.05, 0.1) is 16.9 Å². The predicted molar refractivity (Wildman–Crippen MR) is 116 cm³/mol. The van der Waals surface area contributed by atoms with Crippen molar-refractivity contribution in [2.45, 2.75) is 45.1 Å². The molecule has 3 aromatic rings. The molecule has 1 unspecified atom stereocenters. The molecule has 1 aromatic heterocycles. The van der Waals surface area contributed by atoms with Crippen LogP contribution in [0.25, 0.3) is 10.9 Å². The Bertz CT molecular complexity index is 1020. The summed E-state index contributed by atoms with van der Waals surface area (Å²) < 4.78 is 1.97. The SMILES string of the molecule is Cc1nc2ccc(N(C)C)cc2c(=O)n1C(c1ccccc1)C1CCCCC1. The zero-order valence-electron chi connectivity index (χ0n) is 17.1. The van der Waals surface area contributed by atoms with Gasteiger partial charge < -0.3 is 4.90 Å². The summed E-state index contributed by atoms with van der Waals surface area (Å²) in [6, 6.07) is 16.5. The third-order valence-electron chi connectivity index (χ3n) is 6.09. The zero-order valence-corrected chi connectivity index (χ0v) is 17.1. The van der Waals surface area contributed by atoms with Crippen molar-refractivity contribution in [2.24, 2.45) is 5.92 Å². The maximum atomic E-state index is 13.7. The molecule has 146 valence electrons. The average Bonchev–Trinajstić information content (AvgIpc) is 2.72. The monoisotopic (exact) mass is 375 g/mol. The van der Waals surface area contributed by atoms with Crippen molar-refractivity contribution in [1.82, 2.24) is 9.55 Å². The Labute approximate surface area is 166 Å². The highest BCUT2D eigenvalue weighted by atomic mass is 16.1. The van der Waals surface area contributed by atoms with Crippen LogP contribution in [0.15, 0.2) is 53.3 Å². The number of rotatable bonds is 4. The first-order valence-electron chi connectivity index (χ1n) is 10.3. The van der Waals surface area contributed by atoms with Gasteiger partial charge in [-0.15, -0.1) is 0 Å². The van der Waals surface area contributed by atoms with Gasteiger partial charge in [0.15, 0.2) is 0 Å². The van der Waals surface area contributed by atoms with Gasteiger partial charge in [-0.05, 0) is 49.4 Å². The normalized spacial score (nSPS) is 16.2. The van der Waals surface area contributed by atoms with Gasteiger partial charge in [-0.2, -0.15) is 0 Å². The third kappa shape index (κ3) is 3.44. The van der Waals surface area contributed by atoms with Crippen LogP contribution in [0.2, 0.25) is 0 Å². The van der Waals surface area contributed by atoms with Gasteiger partial charge in [0.1, 0.15) is 5.82 Å². The Morgan fingerprint density at radius 2 is 1.75 bits per heavy atom. The number of nitrogens with zero attached hydrogens (tertiary/aromatic N) is 3. The van der Waals surface area contributed by atoms with Gasteiger partial charge in [-0.3, -0.25) is 9.36 Å². The van der Waals surface area contributed by atoms with Crippen LogP contribution in [0.5, 0.6) is 0 Å². The van der Waals surface area contributed by atoms with E-state index in [9.17, 15) is 4.79 Å². The van der Waals surface area contributed by atoms with Crippen molar-refractivity contribution in [3.63, 3.8) is 0 Å². The number of hydrogen-bond acceptors (Lipinski definition) is 3. The van der Waals surface area contributed by atoms with Crippen LogP contribution in [-0.2, 0) is 0 Å². The fourth-order valence-electron chi connectivity index (χ4n) is 4.64. The average molecular weight is 376 g/mol. The maximum absolute atomic E-state index is 13.7. The lowest BCUT2D eigenvalue weighted by atomic mass is 9.81. The van der Waals surface area contributed by atoms with Gasteiger partial charge in [-0.1, -0.05) is 49.6 Å². The van der Waals surface area contributed by atoms with Crippen molar-refractivity contribution in [2.75, 3.05) is 19.0 Å². The molecule has 1 aliphatic carbocycles. The molecule has 1 atom stereocenters. The van der Waals surface area contributed by atoms with Crippen molar-refractivity contribution in [3.8, 4) is 0 Å². The molecule has 0 aliphatic heterocycles. The van der Waals surface area contributed by atoms with E-state index in [-0.39, 0.29) is 11.6 Å². The quantitative estimate of drug-likeness (QED) is 0.648. The standard InChI is InChI=1S/C24H29N3O/c1-17-25-22-15-14-20(26(2)3)16-21(22)24(28)27(17)23(18-10-6-4-7-11-18)19-12-8-5-9-13-19/h4,6-7,10-11,14-16,19,23H,5,8-9,12-13H2,1-3H3. The van der Waals surface area contributed by atoms with Crippen LogP contribution in [0.1, 0.15) is 49.5 Å². The molecule has 4 rings (SSSR count). The largest absolute Gasteiger partial charge is 0.378 e. The number of aromatic nitrogens is 2. The van der Waals surface area contributed by atoms with Crippen molar-refractivity contribution >= 4 is 16.6 Å². The number of anilines is 1. The van der Waals surface area contributed by atoms with Gasteiger partial charge in [0.2, 0.25) is 0 Å². The van der Waals surface area contributed by atoms with Crippen LogP contribution in [0.3, 0.4) is 0 Å². The fraction of sp³-hybridized carbons (Fsp3) is 0.417. The maximum Gasteiger partial charge on any atom is 0.262 e. The highest BCUT2D eigenvalue weighted by Crippen LogP contribution is 2.37. The minimum atomic E-state index is 0.0499. The third-order valence-corrected chi connectivity index (χ3v) is 6.09. The van der Waals surface area contributed by atoms with Gasteiger partial charge >= 0.3 is 0 Å². The van der Waals surface area contributed by atoms with E-state index >= 15 is 0 Å². The van der Waals surface area contributed by atoms with E-state index < -0.39 is 0 Å². The topological polar surface area (TPSA) is 38.1 Å². The van der Waals surface area contributed by atoms with Crippen LogP contribution in [0, 0.1) is 12.8 Å². The van der Waals surface area contributed by atoms with Crippen molar-refractivity contribution < 1.29 is 0 Å². The summed E-state index contributed by atoms with van der Waals surface area (Å²) in [5.41, 5.74) is 3.09.